The number of pyridine rings is 1. The Hall–Kier alpha value is -2.21. The van der Waals surface area contributed by atoms with Gasteiger partial charge in [0.05, 0.1) is 4.88 Å². The molecule has 1 spiro atoms. The lowest BCUT2D eigenvalue weighted by Crippen LogP contribution is -2.31. The van der Waals surface area contributed by atoms with Gasteiger partial charge in [0, 0.05) is 43.4 Å². The monoisotopic (exact) mass is 355 g/mol. The number of carbonyl (C=O) groups is 2. The molecule has 2 atom stereocenters. The third kappa shape index (κ3) is 3.06. The minimum absolute atomic E-state index is 0.000153. The number of carbonyl (C=O) groups excluding carboxylic acids is 2. The maximum atomic E-state index is 12.7. The van der Waals surface area contributed by atoms with Crippen molar-refractivity contribution in [2.24, 2.45) is 11.3 Å². The van der Waals surface area contributed by atoms with E-state index in [1.165, 1.54) is 11.3 Å². The van der Waals surface area contributed by atoms with Crippen molar-refractivity contribution < 1.29 is 9.59 Å². The van der Waals surface area contributed by atoms with E-state index in [4.69, 9.17) is 0 Å². The van der Waals surface area contributed by atoms with E-state index in [9.17, 15) is 9.59 Å². The number of likely N-dealkylation sites (tertiary alicyclic amines) is 1. The third-order valence-corrected chi connectivity index (χ3v) is 6.43. The quantitative estimate of drug-likeness (QED) is 0.917. The molecule has 1 aliphatic carbocycles. The zero-order valence-corrected chi connectivity index (χ0v) is 15.0. The first kappa shape index (κ1) is 16.3. The third-order valence-electron chi connectivity index (χ3n) is 5.42. The lowest BCUT2D eigenvalue weighted by molar-refractivity contribution is -0.123. The zero-order chi connectivity index (χ0) is 17.4. The Labute approximate surface area is 151 Å². The number of nitrogens with one attached hydrogen (secondary N) is 1. The molecule has 0 radical (unpaired) electrons. The van der Waals surface area contributed by atoms with E-state index in [1.54, 1.807) is 12.4 Å². The van der Waals surface area contributed by atoms with Crippen LogP contribution in [0.25, 0.3) is 0 Å². The van der Waals surface area contributed by atoms with Crippen LogP contribution < -0.4 is 5.32 Å². The fourth-order valence-electron chi connectivity index (χ4n) is 3.79. The Balaban J connectivity index is 1.34. The van der Waals surface area contributed by atoms with Crippen molar-refractivity contribution in [3.8, 4) is 0 Å². The lowest BCUT2D eigenvalue weighted by atomic mass is 10.0. The Bertz CT molecular complexity index is 804. The van der Waals surface area contributed by atoms with Gasteiger partial charge >= 0.3 is 0 Å². The van der Waals surface area contributed by atoms with Crippen LogP contribution in [0.5, 0.6) is 0 Å². The number of rotatable bonds is 4. The standard InChI is InChI=1S/C19H21N3O2S/c1-13-4-8-25-16(13)18(24)22-7-5-19(12-22)9-15(19)17(23)21-11-14-3-2-6-20-10-14/h2-4,6,8,10,15H,5,7,9,11-12H2,1H3,(H,21,23)/t15-,19-/m0/s1. The highest BCUT2D eigenvalue weighted by Crippen LogP contribution is 2.58. The van der Waals surface area contributed by atoms with E-state index < -0.39 is 0 Å². The SMILES string of the molecule is Cc1ccsc1C(=O)N1CC[C@]2(C[C@H]2C(=O)NCc2cccnc2)C1. The number of amides is 2. The maximum Gasteiger partial charge on any atom is 0.264 e. The molecule has 1 aliphatic heterocycles. The molecule has 1 saturated heterocycles. The number of aromatic nitrogens is 1. The highest BCUT2D eigenvalue weighted by atomic mass is 32.1. The second kappa shape index (κ2) is 6.26. The lowest BCUT2D eigenvalue weighted by Gasteiger charge is -2.16. The molecular formula is C19H21N3O2S. The summed E-state index contributed by atoms with van der Waals surface area (Å²) in [5, 5.41) is 4.97. The molecular weight excluding hydrogens is 334 g/mol. The van der Waals surface area contributed by atoms with Crippen molar-refractivity contribution in [3.63, 3.8) is 0 Å². The number of hydrogen-bond acceptors (Lipinski definition) is 4. The average molecular weight is 355 g/mol. The van der Waals surface area contributed by atoms with Crippen molar-refractivity contribution >= 4 is 23.2 Å². The Morgan fingerprint density at radius 2 is 2.32 bits per heavy atom. The summed E-state index contributed by atoms with van der Waals surface area (Å²) in [7, 11) is 0. The maximum absolute atomic E-state index is 12.7. The van der Waals surface area contributed by atoms with Crippen LogP contribution in [-0.2, 0) is 11.3 Å². The van der Waals surface area contributed by atoms with Gasteiger partial charge in [-0.1, -0.05) is 6.07 Å². The first-order chi connectivity index (χ1) is 12.1. The van der Waals surface area contributed by atoms with Gasteiger partial charge in [0.2, 0.25) is 5.91 Å². The summed E-state index contributed by atoms with van der Waals surface area (Å²) in [6, 6.07) is 5.80. The molecule has 0 aromatic carbocycles. The summed E-state index contributed by atoms with van der Waals surface area (Å²) < 4.78 is 0. The molecule has 6 heteroatoms. The molecule has 2 fully saturated rings. The van der Waals surface area contributed by atoms with Gasteiger partial charge in [-0.2, -0.15) is 0 Å². The largest absolute Gasteiger partial charge is 0.352 e. The van der Waals surface area contributed by atoms with Crippen molar-refractivity contribution in [1.82, 2.24) is 15.2 Å². The molecule has 25 heavy (non-hydrogen) atoms. The number of aryl methyl sites for hydroxylation is 1. The Morgan fingerprint density at radius 3 is 3.04 bits per heavy atom. The first-order valence-corrected chi connectivity index (χ1v) is 9.47. The molecule has 5 nitrogen and oxygen atoms in total. The van der Waals surface area contributed by atoms with Crippen molar-refractivity contribution in [2.75, 3.05) is 13.1 Å². The van der Waals surface area contributed by atoms with E-state index >= 15 is 0 Å². The second-order valence-corrected chi connectivity index (χ2v) is 8.02. The predicted molar refractivity (Wildman–Crippen MR) is 96.2 cm³/mol. The first-order valence-electron chi connectivity index (χ1n) is 8.59. The predicted octanol–water partition coefficient (Wildman–Crippen LogP) is 2.62. The van der Waals surface area contributed by atoms with Crippen LogP contribution in [0.2, 0.25) is 0 Å². The van der Waals surface area contributed by atoms with Crippen LogP contribution in [0.1, 0.15) is 33.6 Å². The number of nitrogens with zero attached hydrogens (tertiary/aromatic N) is 2. The van der Waals surface area contributed by atoms with E-state index in [0.717, 1.165) is 35.4 Å². The van der Waals surface area contributed by atoms with E-state index in [1.807, 2.05) is 35.4 Å². The minimum atomic E-state index is -0.000153. The molecule has 4 rings (SSSR count). The van der Waals surface area contributed by atoms with Crippen LogP contribution >= 0.6 is 11.3 Å². The summed E-state index contributed by atoms with van der Waals surface area (Å²) >= 11 is 1.50. The van der Waals surface area contributed by atoms with Gasteiger partial charge in [-0.25, -0.2) is 0 Å². The number of hydrogen-bond donors (Lipinski definition) is 1. The van der Waals surface area contributed by atoms with Gasteiger partial charge in [-0.15, -0.1) is 11.3 Å². The molecule has 2 aliphatic rings. The summed E-state index contributed by atoms with van der Waals surface area (Å²) in [5.41, 5.74) is 2.04. The summed E-state index contributed by atoms with van der Waals surface area (Å²) in [5.74, 6) is 0.252. The highest BCUT2D eigenvalue weighted by Gasteiger charge is 2.61. The van der Waals surface area contributed by atoms with Crippen LogP contribution in [0.4, 0.5) is 0 Å². The second-order valence-electron chi connectivity index (χ2n) is 7.11. The molecule has 2 amide bonds. The molecule has 0 bridgehead atoms. The van der Waals surface area contributed by atoms with E-state index in [2.05, 4.69) is 10.3 Å². The van der Waals surface area contributed by atoms with Crippen molar-refractivity contribution in [2.45, 2.75) is 26.3 Å². The van der Waals surface area contributed by atoms with Crippen molar-refractivity contribution in [1.29, 1.82) is 0 Å². The van der Waals surface area contributed by atoms with Crippen LogP contribution in [0, 0.1) is 18.3 Å². The zero-order valence-electron chi connectivity index (χ0n) is 14.2. The van der Waals surface area contributed by atoms with Crippen LogP contribution in [-0.4, -0.2) is 34.8 Å². The molecule has 130 valence electrons. The number of thiophene rings is 1. The minimum Gasteiger partial charge on any atom is -0.352 e. The summed E-state index contributed by atoms with van der Waals surface area (Å²) in [6.07, 6.45) is 5.30. The topological polar surface area (TPSA) is 62.3 Å². The van der Waals surface area contributed by atoms with Gasteiger partial charge in [0.25, 0.3) is 5.91 Å². The molecule has 3 heterocycles. The fourth-order valence-corrected chi connectivity index (χ4v) is 4.68. The van der Waals surface area contributed by atoms with Gasteiger partial charge in [-0.3, -0.25) is 14.6 Å². The van der Waals surface area contributed by atoms with Gasteiger partial charge in [0.15, 0.2) is 0 Å². The smallest absolute Gasteiger partial charge is 0.264 e. The molecule has 2 aromatic rings. The van der Waals surface area contributed by atoms with Crippen LogP contribution in [0.15, 0.2) is 36.0 Å². The summed E-state index contributed by atoms with van der Waals surface area (Å²) in [4.78, 5) is 31.9. The van der Waals surface area contributed by atoms with Gasteiger partial charge < -0.3 is 10.2 Å². The van der Waals surface area contributed by atoms with Crippen molar-refractivity contribution in [3.05, 3.63) is 52.0 Å². The van der Waals surface area contributed by atoms with E-state index in [0.29, 0.717) is 13.1 Å². The van der Waals surface area contributed by atoms with Gasteiger partial charge in [0.1, 0.15) is 0 Å². The highest BCUT2D eigenvalue weighted by molar-refractivity contribution is 7.12. The molecule has 1 saturated carbocycles. The van der Waals surface area contributed by atoms with E-state index in [-0.39, 0.29) is 23.1 Å². The fraction of sp³-hybridized carbons (Fsp3) is 0.421. The average Bonchev–Trinajstić information content (AvgIpc) is 2.93. The van der Waals surface area contributed by atoms with Crippen LogP contribution in [0.3, 0.4) is 0 Å². The summed E-state index contributed by atoms with van der Waals surface area (Å²) in [6.45, 7) is 3.94. The Morgan fingerprint density at radius 1 is 1.44 bits per heavy atom. The normalized spacial score (nSPS) is 24.5. The Kier molecular flexibility index (Phi) is 4.07. The molecule has 0 unspecified atom stereocenters. The molecule has 2 aromatic heterocycles. The molecule has 1 N–H and O–H groups in total. The van der Waals surface area contributed by atoms with Gasteiger partial charge in [-0.05, 0) is 48.4 Å².